The summed E-state index contributed by atoms with van der Waals surface area (Å²) in [5.74, 6) is 0.0641. The maximum absolute atomic E-state index is 11.5. The van der Waals surface area contributed by atoms with Gasteiger partial charge < -0.3 is 10.7 Å². The van der Waals surface area contributed by atoms with E-state index in [1.807, 2.05) is 0 Å². The van der Waals surface area contributed by atoms with Gasteiger partial charge in [0.2, 0.25) is 0 Å². The van der Waals surface area contributed by atoms with Crippen LogP contribution in [0.2, 0.25) is 0 Å². The van der Waals surface area contributed by atoms with Crippen molar-refractivity contribution in [1.29, 1.82) is 0 Å². The third-order valence-electron chi connectivity index (χ3n) is 3.00. The number of carbonyl (C=O) groups excluding carboxylic acids is 1. The minimum atomic E-state index is -0.459. The normalized spacial score (nSPS) is 10.4. The second kappa shape index (κ2) is 4.56. The molecule has 0 radical (unpaired) electrons. The Morgan fingerprint density at radius 3 is 2.53 bits per heavy atom. The first-order valence-electron chi connectivity index (χ1n) is 5.66. The molecule has 0 aliphatic carbocycles. The number of para-hydroxylation sites is 1. The molecule has 2 rings (SSSR count). The van der Waals surface area contributed by atoms with Gasteiger partial charge in [0, 0.05) is 6.07 Å². The number of nitrogens with zero attached hydrogens (tertiary/aromatic N) is 1. The van der Waals surface area contributed by atoms with Crippen LogP contribution in [0.5, 0.6) is 0 Å². The van der Waals surface area contributed by atoms with E-state index in [0.29, 0.717) is 22.4 Å². The molecule has 19 heavy (non-hydrogen) atoms. The van der Waals surface area contributed by atoms with Crippen molar-refractivity contribution >= 4 is 17.3 Å². The number of nitrogens with two attached hydrogens (primary N) is 1. The fraction of sp³-hybridized carbons (Fsp3) is 0.154. The summed E-state index contributed by atoms with van der Waals surface area (Å²) >= 11 is 0. The second-order valence-corrected chi connectivity index (χ2v) is 4.24. The molecular formula is C13H13N3O3. The van der Waals surface area contributed by atoms with Crippen LogP contribution in [-0.4, -0.2) is 15.7 Å². The predicted molar refractivity (Wildman–Crippen MR) is 72.0 cm³/mol. The number of anilines is 1. The number of carbonyl (C=O) groups is 1. The van der Waals surface area contributed by atoms with Crippen molar-refractivity contribution in [3.63, 3.8) is 0 Å². The van der Waals surface area contributed by atoms with Gasteiger partial charge in [-0.05, 0) is 25.5 Å². The van der Waals surface area contributed by atoms with Gasteiger partial charge in [0.25, 0.3) is 5.69 Å². The number of aromatic amines is 1. The summed E-state index contributed by atoms with van der Waals surface area (Å²) in [6.07, 6.45) is 0. The predicted octanol–water partition coefficient (Wildman–Crippen LogP) is 2.68. The molecule has 2 aromatic rings. The van der Waals surface area contributed by atoms with Crippen LogP contribution in [0.15, 0.2) is 24.3 Å². The highest BCUT2D eigenvalue weighted by molar-refractivity contribution is 6.02. The van der Waals surface area contributed by atoms with Gasteiger partial charge >= 0.3 is 0 Å². The average Bonchev–Trinajstić information content (AvgIpc) is 2.64. The third-order valence-corrected chi connectivity index (χ3v) is 3.00. The van der Waals surface area contributed by atoms with Crippen molar-refractivity contribution in [2.24, 2.45) is 0 Å². The zero-order chi connectivity index (χ0) is 14.2. The molecule has 0 amide bonds. The highest BCUT2D eigenvalue weighted by Crippen LogP contribution is 2.34. The van der Waals surface area contributed by atoms with Crippen LogP contribution >= 0.6 is 0 Å². The van der Waals surface area contributed by atoms with Gasteiger partial charge in [-0.1, -0.05) is 12.1 Å². The van der Waals surface area contributed by atoms with E-state index < -0.39 is 4.92 Å². The SMILES string of the molecule is CC(=O)c1c(N)[nH]c(-c2ccccc2[N+](=O)[O-])c1C. The maximum Gasteiger partial charge on any atom is 0.278 e. The Balaban J connectivity index is 2.70. The Kier molecular flexibility index (Phi) is 3.08. The summed E-state index contributed by atoms with van der Waals surface area (Å²) in [5.41, 5.74) is 7.67. The third kappa shape index (κ3) is 2.08. The van der Waals surface area contributed by atoms with E-state index in [1.165, 1.54) is 13.0 Å². The fourth-order valence-electron chi connectivity index (χ4n) is 2.19. The number of Topliss-reactive ketones (excluding diaryl/α,β-unsaturated/α-hetero) is 1. The number of H-pyrrole nitrogens is 1. The molecule has 6 nitrogen and oxygen atoms in total. The maximum atomic E-state index is 11.5. The lowest BCUT2D eigenvalue weighted by Gasteiger charge is -2.02. The molecule has 6 heteroatoms. The van der Waals surface area contributed by atoms with E-state index >= 15 is 0 Å². The Morgan fingerprint density at radius 1 is 1.37 bits per heavy atom. The minimum Gasteiger partial charge on any atom is -0.385 e. The quantitative estimate of drug-likeness (QED) is 0.502. The molecule has 0 bridgehead atoms. The van der Waals surface area contributed by atoms with E-state index in [0.717, 1.165) is 0 Å². The number of nitrogens with one attached hydrogen (secondary N) is 1. The molecule has 98 valence electrons. The zero-order valence-corrected chi connectivity index (χ0v) is 10.6. The van der Waals surface area contributed by atoms with Crippen molar-refractivity contribution < 1.29 is 9.72 Å². The van der Waals surface area contributed by atoms with Crippen molar-refractivity contribution in [2.45, 2.75) is 13.8 Å². The first-order valence-corrected chi connectivity index (χ1v) is 5.66. The molecule has 1 heterocycles. The number of ketones is 1. The molecule has 0 unspecified atom stereocenters. The van der Waals surface area contributed by atoms with Crippen LogP contribution in [0.4, 0.5) is 11.5 Å². The van der Waals surface area contributed by atoms with E-state index in [1.54, 1.807) is 25.1 Å². The molecule has 0 atom stereocenters. The van der Waals surface area contributed by atoms with Gasteiger partial charge in [-0.2, -0.15) is 0 Å². The summed E-state index contributed by atoms with van der Waals surface area (Å²) in [5, 5.41) is 11.0. The highest BCUT2D eigenvalue weighted by Gasteiger charge is 2.22. The molecule has 0 aliphatic heterocycles. The number of benzene rings is 1. The lowest BCUT2D eigenvalue weighted by Crippen LogP contribution is -1.98. The number of rotatable bonds is 3. The molecule has 1 aromatic carbocycles. The highest BCUT2D eigenvalue weighted by atomic mass is 16.6. The van der Waals surface area contributed by atoms with Gasteiger partial charge in [-0.15, -0.1) is 0 Å². The molecule has 1 aromatic heterocycles. The lowest BCUT2D eigenvalue weighted by molar-refractivity contribution is -0.384. The summed E-state index contributed by atoms with van der Waals surface area (Å²) in [4.78, 5) is 24.9. The van der Waals surface area contributed by atoms with Crippen molar-refractivity contribution in [1.82, 2.24) is 4.98 Å². The average molecular weight is 259 g/mol. The summed E-state index contributed by atoms with van der Waals surface area (Å²) in [6.45, 7) is 3.13. The summed E-state index contributed by atoms with van der Waals surface area (Å²) in [7, 11) is 0. The van der Waals surface area contributed by atoms with Crippen LogP contribution in [0.3, 0.4) is 0 Å². The zero-order valence-electron chi connectivity index (χ0n) is 10.6. The number of hydrogen-bond acceptors (Lipinski definition) is 4. The number of hydrogen-bond donors (Lipinski definition) is 2. The van der Waals surface area contributed by atoms with Crippen molar-refractivity contribution in [3.05, 3.63) is 45.5 Å². The van der Waals surface area contributed by atoms with Crippen molar-refractivity contribution in [2.75, 3.05) is 5.73 Å². The van der Waals surface area contributed by atoms with Gasteiger partial charge in [-0.25, -0.2) is 0 Å². The first kappa shape index (κ1) is 12.8. The molecule has 0 saturated heterocycles. The fourth-order valence-corrected chi connectivity index (χ4v) is 2.19. The Hall–Kier alpha value is -2.63. The van der Waals surface area contributed by atoms with Crippen molar-refractivity contribution in [3.8, 4) is 11.3 Å². The number of aromatic nitrogens is 1. The number of nitro groups is 1. The van der Waals surface area contributed by atoms with E-state index in [9.17, 15) is 14.9 Å². The monoisotopic (exact) mass is 259 g/mol. The molecule has 0 fully saturated rings. The van der Waals surface area contributed by atoms with Gasteiger partial charge in [0.05, 0.1) is 21.7 Å². The Labute approximate surface area is 109 Å². The number of nitrogen functional groups attached to an aromatic ring is 1. The molecule has 0 spiro atoms. The lowest BCUT2D eigenvalue weighted by atomic mass is 10.0. The summed E-state index contributed by atoms with van der Waals surface area (Å²) in [6, 6.07) is 6.33. The Morgan fingerprint density at radius 2 is 2.00 bits per heavy atom. The van der Waals surface area contributed by atoms with Crippen LogP contribution < -0.4 is 5.73 Å². The minimum absolute atomic E-state index is 0.0260. The van der Waals surface area contributed by atoms with E-state index in [2.05, 4.69) is 4.98 Å². The molecule has 0 saturated carbocycles. The van der Waals surface area contributed by atoms with Crippen LogP contribution in [0, 0.1) is 17.0 Å². The van der Waals surface area contributed by atoms with Crippen LogP contribution in [0.25, 0.3) is 11.3 Å². The second-order valence-electron chi connectivity index (χ2n) is 4.24. The summed E-state index contributed by atoms with van der Waals surface area (Å²) < 4.78 is 0. The smallest absolute Gasteiger partial charge is 0.278 e. The number of nitro benzene ring substituents is 1. The Bertz CT molecular complexity index is 674. The first-order chi connectivity index (χ1) is 8.93. The van der Waals surface area contributed by atoms with E-state index in [-0.39, 0.29) is 17.3 Å². The van der Waals surface area contributed by atoms with E-state index in [4.69, 9.17) is 5.73 Å². The van der Waals surface area contributed by atoms with Crippen LogP contribution in [-0.2, 0) is 0 Å². The standard InChI is InChI=1S/C13H13N3O3/c1-7-11(8(2)17)13(14)15-12(7)9-5-3-4-6-10(9)16(18)19/h3-6,15H,14H2,1-2H3. The van der Waals surface area contributed by atoms with Gasteiger partial charge in [0.15, 0.2) is 5.78 Å². The molecular weight excluding hydrogens is 246 g/mol. The molecule has 3 N–H and O–H groups in total. The van der Waals surface area contributed by atoms with Gasteiger partial charge in [0.1, 0.15) is 5.82 Å². The van der Waals surface area contributed by atoms with Crippen LogP contribution in [0.1, 0.15) is 22.8 Å². The topological polar surface area (TPSA) is 102 Å². The largest absolute Gasteiger partial charge is 0.385 e. The molecule has 0 aliphatic rings. The van der Waals surface area contributed by atoms with Gasteiger partial charge in [-0.3, -0.25) is 14.9 Å².